The molecule has 0 saturated heterocycles. The highest BCUT2D eigenvalue weighted by atomic mass is 28.2. The van der Waals surface area contributed by atoms with Gasteiger partial charge < -0.3 is 4.80 Å². The Morgan fingerprint density at radius 3 is 2.28 bits per heavy atom. The van der Waals surface area contributed by atoms with Crippen molar-refractivity contribution in [3.8, 4) is 0 Å². The van der Waals surface area contributed by atoms with E-state index in [9.17, 15) is 4.80 Å². The van der Waals surface area contributed by atoms with E-state index in [1.54, 1.807) is 0 Å². The molecule has 0 aliphatic heterocycles. The van der Waals surface area contributed by atoms with Gasteiger partial charge in [-0.05, 0) is 42.0 Å². The van der Waals surface area contributed by atoms with E-state index in [0.29, 0.717) is 0 Å². The summed E-state index contributed by atoms with van der Waals surface area (Å²) in [6.45, 7) is 4.29. The number of hydrogen-bond donors (Lipinski definition) is 1. The molecule has 0 bridgehead atoms. The molecule has 2 heteroatoms. The van der Waals surface area contributed by atoms with Crippen molar-refractivity contribution in [1.82, 2.24) is 0 Å². The van der Waals surface area contributed by atoms with E-state index in [1.807, 2.05) is 12.1 Å². The van der Waals surface area contributed by atoms with Crippen LogP contribution in [0, 0.1) is 0 Å². The van der Waals surface area contributed by atoms with Crippen LogP contribution in [-0.4, -0.2) is 14.6 Å². The first kappa shape index (κ1) is 14.9. The van der Waals surface area contributed by atoms with Crippen molar-refractivity contribution in [2.75, 3.05) is 0 Å². The molecule has 18 heavy (non-hydrogen) atoms. The van der Waals surface area contributed by atoms with E-state index in [1.165, 1.54) is 11.1 Å². The molecule has 0 saturated carbocycles. The summed E-state index contributed by atoms with van der Waals surface area (Å²) in [5, 5.41) is 1.08. The molecule has 2 radical (unpaired) electrons. The van der Waals surface area contributed by atoms with E-state index in [-0.39, 0.29) is 9.76 Å². The molecule has 0 amide bonds. The Balaban J connectivity index is 2.92. The predicted molar refractivity (Wildman–Crippen MR) is 80.3 cm³/mol. The van der Waals surface area contributed by atoms with E-state index in [0.717, 1.165) is 30.9 Å². The topological polar surface area (TPSA) is 20.2 Å². The highest BCUT2D eigenvalue weighted by Crippen LogP contribution is 2.10. The Morgan fingerprint density at radius 2 is 1.67 bits per heavy atom. The third-order valence-corrected chi connectivity index (χ3v) is 3.57. The van der Waals surface area contributed by atoms with Crippen LogP contribution in [0.2, 0.25) is 0 Å². The van der Waals surface area contributed by atoms with E-state index in [4.69, 9.17) is 0 Å². The Labute approximate surface area is 113 Å². The zero-order valence-corrected chi connectivity index (χ0v) is 12.3. The quantitative estimate of drug-likeness (QED) is 0.589. The lowest BCUT2D eigenvalue weighted by Crippen LogP contribution is -2.20. The van der Waals surface area contributed by atoms with Crippen LogP contribution in [-0.2, 0) is 12.8 Å². The minimum Gasteiger partial charge on any atom is -0.428 e. The fourth-order valence-corrected chi connectivity index (χ4v) is 2.48. The van der Waals surface area contributed by atoms with Gasteiger partial charge in [-0.1, -0.05) is 56.4 Å². The molecule has 1 aromatic rings. The maximum Gasteiger partial charge on any atom is 0.265 e. The summed E-state index contributed by atoms with van der Waals surface area (Å²) in [6, 6.07) is 6.24. The number of benzene rings is 1. The van der Waals surface area contributed by atoms with Gasteiger partial charge in [0.25, 0.3) is 9.76 Å². The highest BCUT2D eigenvalue weighted by molar-refractivity contribution is 6.46. The fraction of sp³-hybridized carbons (Fsp3) is 0.375. The van der Waals surface area contributed by atoms with Crippen LogP contribution < -0.4 is 5.19 Å². The van der Waals surface area contributed by atoms with E-state index >= 15 is 0 Å². The van der Waals surface area contributed by atoms with Crippen LogP contribution in [0.4, 0.5) is 0 Å². The van der Waals surface area contributed by atoms with Gasteiger partial charge in [-0.25, -0.2) is 0 Å². The molecular weight excluding hydrogens is 236 g/mol. The van der Waals surface area contributed by atoms with Crippen LogP contribution in [0.1, 0.15) is 37.8 Å². The summed E-state index contributed by atoms with van der Waals surface area (Å²) in [6.07, 6.45) is 12.8. The third kappa shape index (κ3) is 4.63. The van der Waals surface area contributed by atoms with Crippen molar-refractivity contribution in [2.45, 2.75) is 39.5 Å². The van der Waals surface area contributed by atoms with Gasteiger partial charge in [0.1, 0.15) is 0 Å². The molecule has 0 heterocycles. The lowest BCUT2D eigenvalue weighted by atomic mass is 10.0. The van der Waals surface area contributed by atoms with Crippen LogP contribution in [0.15, 0.2) is 42.5 Å². The normalized spacial score (nSPS) is 11.7. The minimum atomic E-state index is -0.115. The van der Waals surface area contributed by atoms with Crippen molar-refractivity contribution >= 4 is 14.9 Å². The zero-order valence-electron chi connectivity index (χ0n) is 11.3. The van der Waals surface area contributed by atoms with Crippen molar-refractivity contribution in [1.29, 1.82) is 0 Å². The average molecular weight is 258 g/mol. The second kappa shape index (κ2) is 8.89. The van der Waals surface area contributed by atoms with E-state index < -0.39 is 0 Å². The monoisotopic (exact) mass is 258 g/mol. The molecule has 1 N–H and O–H groups in total. The predicted octanol–water partition coefficient (Wildman–Crippen LogP) is 2.94. The summed E-state index contributed by atoms with van der Waals surface area (Å²) in [7, 11) is -0.115. The zero-order chi connectivity index (χ0) is 13.2. The minimum absolute atomic E-state index is 0.115. The molecule has 0 spiro atoms. The molecule has 0 aromatic heterocycles. The molecular formula is C16H22OSi. The molecule has 1 nitrogen and oxygen atoms in total. The summed E-state index contributed by atoms with van der Waals surface area (Å²) >= 11 is 0. The van der Waals surface area contributed by atoms with Crippen LogP contribution >= 0.6 is 0 Å². The second-order valence-corrected chi connectivity index (χ2v) is 4.98. The number of rotatable bonds is 7. The molecule has 0 unspecified atom stereocenters. The third-order valence-electron chi connectivity index (χ3n) is 2.86. The summed E-state index contributed by atoms with van der Waals surface area (Å²) in [5.74, 6) is 0. The second-order valence-electron chi connectivity index (χ2n) is 4.22. The van der Waals surface area contributed by atoms with E-state index in [2.05, 4.69) is 44.2 Å². The van der Waals surface area contributed by atoms with Gasteiger partial charge >= 0.3 is 0 Å². The highest BCUT2D eigenvalue weighted by Gasteiger charge is 2.06. The van der Waals surface area contributed by atoms with Crippen LogP contribution in [0.25, 0.3) is 0 Å². The molecule has 1 aromatic carbocycles. The Morgan fingerprint density at radius 1 is 1.00 bits per heavy atom. The van der Waals surface area contributed by atoms with Crippen LogP contribution in [0.3, 0.4) is 0 Å². The van der Waals surface area contributed by atoms with Gasteiger partial charge in [-0.2, -0.15) is 0 Å². The first-order valence-electron chi connectivity index (χ1n) is 6.64. The van der Waals surface area contributed by atoms with Crippen molar-refractivity contribution in [3.05, 3.63) is 53.6 Å². The van der Waals surface area contributed by atoms with Gasteiger partial charge in [0.2, 0.25) is 0 Å². The van der Waals surface area contributed by atoms with Gasteiger partial charge in [-0.3, -0.25) is 0 Å². The molecule has 0 aliphatic rings. The Hall–Kier alpha value is -1.12. The Kier molecular flexibility index (Phi) is 7.38. The SMILES string of the molecule is CCC=CCc1cccc([Si]O)c1CC=CCC. The van der Waals surface area contributed by atoms with Crippen molar-refractivity contribution < 1.29 is 4.80 Å². The first-order chi connectivity index (χ1) is 8.83. The lowest BCUT2D eigenvalue weighted by molar-refractivity contribution is 0.615. The first-order valence-corrected chi connectivity index (χ1v) is 7.59. The maximum atomic E-state index is 9.46. The maximum absolute atomic E-state index is 9.46. The van der Waals surface area contributed by atoms with Crippen molar-refractivity contribution in [3.63, 3.8) is 0 Å². The number of allylic oxidation sites excluding steroid dienone is 4. The summed E-state index contributed by atoms with van der Waals surface area (Å²) in [5.41, 5.74) is 2.63. The van der Waals surface area contributed by atoms with Crippen LogP contribution in [0.5, 0.6) is 0 Å². The largest absolute Gasteiger partial charge is 0.428 e. The number of hydrogen-bond acceptors (Lipinski definition) is 1. The molecule has 0 aliphatic carbocycles. The van der Waals surface area contributed by atoms with Gasteiger partial charge in [0.15, 0.2) is 0 Å². The Bertz CT molecular complexity index is 408. The van der Waals surface area contributed by atoms with Gasteiger partial charge in [0.05, 0.1) is 0 Å². The average Bonchev–Trinajstić information content (AvgIpc) is 2.40. The summed E-state index contributed by atoms with van der Waals surface area (Å²) < 4.78 is 0. The molecule has 1 rings (SSSR count). The fourth-order valence-electron chi connectivity index (χ4n) is 1.92. The molecule has 0 fully saturated rings. The molecule has 96 valence electrons. The van der Waals surface area contributed by atoms with Crippen molar-refractivity contribution in [2.24, 2.45) is 0 Å². The standard InChI is InChI=1S/C16H22OSi/c1-3-5-7-10-14-11-9-13-16(18-17)15(14)12-8-6-4-2/h5-9,11,13,17H,3-4,10,12H2,1-2H3. The van der Waals surface area contributed by atoms with Gasteiger partial charge in [-0.15, -0.1) is 0 Å². The smallest absolute Gasteiger partial charge is 0.265 e. The molecule has 0 atom stereocenters. The lowest BCUT2D eigenvalue weighted by Gasteiger charge is -2.10. The summed E-state index contributed by atoms with van der Waals surface area (Å²) in [4.78, 5) is 9.46. The van der Waals surface area contributed by atoms with Gasteiger partial charge in [0, 0.05) is 0 Å².